The highest BCUT2D eigenvalue weighted by molar-refractivity contribution is 5.94. The van der Waals surface area contributed by atoms with Crippen LogP contribution in [0.4, 0.5) is 4.39 Å². The Morgan fingerprint density at radius 1 is 0.774 bits per heavy atom. The number of nitrogens with zero attached hydrogens (tertiary/aromatic N) is 2. The molecule has 0 atom stereocenters. The van der Waals surface area contributed by atoms with Gasteiger partial charge >= 0.3 is 0 Å². The van der Waals surface area contributed by atoms with E-state index in [-0.39, 0.29) is 24.2 Å². The number of hydrogen-bond donors (Lipinski definition) is 0. The summed E-state index contributed by atoms with van der Waals surface area (Å²) in [6.07, 6.45) is 0. The van der Waals surface area contributed by atoms with Crippen molar-refractivity contribution in [2.45, 2.75) is 0 Å². The summed E-state index contributed by atoms with van der Waals surface area (Å²) in [5.41, 5.74) is 2.41. The fraction of sp³-hybridized carbons (Fsp3) is 0.200. The van der Waals surface area contributed by atoms with Crippen LogP contribution in [0.15, 0.2) is 78.9 Å². The molecule has 1 heterocycles. The maximum atomic E-state index is 13.1. The monoisotopic (exact) mass is 418 g/mol. The second-order valence-electron chi connectivity index (χ2n) is 7.33. The van der Waals surface area contributed by atoms with Gasteiger partial charge in [0.15, 0.2) is 6.61 Å². The molecule has 4 rings (SSSR count). The lowest BCUT2D eigenvalue weighted by Crippen LogP contribution is -2.51. The van der Waals surface area contributed by atoms with Gasteiger partial charge in [-0.05, 0) is 35.9 Å². The Bertz CT molecular complexity index is 1050. The van der Waals surface area contributed by atoms with Crippen LogP contribution in [-0.2, 0) is 4.79 Å². The third-order valence-electron chi connectivity index (χ3n) is 5.33. The SMILES string of the molecule is O=C(COc1ccccc1-c1ccccc1)N1CCN(C(=O)c2ccc(F)cc2)CC1. The molecule has 0 unspecified atom stereocenters. The zero-order valence-electron chi connectivity index (χ0n) is 17.0. The Labute approximate surface area is 180 Å². The number of halogens is 1. The summed E-state index contributed by atoms with van der Waals surface area (Å²) in [6, 6.07) is 23.0. The van der Waals surface area contributed by atoms with Gasteiger partial charge in [-0.3, -0.25) is 9.59 Å². The second-order valence-corrected chi connectivity index (χ2v) is 7.33. The minimum absolute atomic E-state index is 0.0598. The van der Waals surface area contributed by atoms with E-state index in [1.165, 1.54) is 24.3 Å². The molecule has 6 heteroatoms. The van der Waals surface area contributed by atoms with E-state index < -0.39 is 0 Å². The summed E-state index contributed by atoms with van der Waals surface area (Å²) in [6.45, 7) is 1.69. The average Bonchev–Trinajstić information content (AvgIpc) is 2.83. The molecule has 0 saturated carbocycles. The number of amides is 2. The largest absolute Gasteiger partial charge is 0.483 e. The zero-order chi connectivity index (χ0) is 21.6. The summed E-state index contributed by atoms with van der Waals surface area (Å²) in [5.74, 6) is 0.0184. The van der Waals surface area contributed by atoms with Gasteiger partial charge in [0.2, 0.25) is 0 Å². The molecule has 0 spiro atoms. The van der Waals surface area contributed by atoms with Gasteiger partial charge in [0, 0.05) is 37.3 Å². The van der Waals surface area contributed by atoms with Crippen LogP contribution >= 0.6 is 0 Å². The minimum atomic E-state index is -0.374. The summed E-state index contributed by atoms with van der Waals surface area (Å²) in [7, 11) is 0. The molecule has 1 saturated heterocycles. The summed E-state index contributed by atoms with van der Waals surface area (Å²) < 4.78 is 18.9. The van der Waals surface area contributed by atoms with E-state index in [9.17, 15) is 14.0 Å². The fourth-order valence-corrected chi connectivity index (χ4v) is 3.61. The molecule has 0 bridgehead atoms. The van der Waals surface area contributed by atoms with E-state index in [4.69, 9.17) is 4.74 Å². The number of carbonyl (C=O) groups excluding carboxylic acids is 2. The van der Waals surface area contributed by atoms with Crippen molar-refractivity contribution in [2.75, 3.05) is 32.8 Å². The molecule has 158 valence electrons. The van der Waals surface area contributed by atoms with E-state index in [0.29, 0.717) is 37.5 Å². The lowest BCUT2D eigenvalue weighted by Gasteiger charge is -2.34. The molecule has 3 aromatic carbocycles. The maximum absolute atomic E-state index is 13.1. The highest BCUT2D eigenvalue weighted by Gasteiger charge is 2.25. The van der Waals surface area contributed by atoms with Gasteiger partial charge in [0.05, 0.1) is 0 Å². The van der Waals surface area contributed by atoms with Crippen LogP contribution in [0, 0.1) is 5.82 Å². The highest BCUT2D eigenvalue weighted by atomic mass is 19.1. The van der Waals surface area contributed by atoms with Crippen molar-refractivity contribution < 1.29 is 18.7 Å². The maximum Gasteiger partial charge on any atom is 0.260 e. The quantitative estimate of drug-likeness (QED) is 0.632. The van der Waals surface area contributed by atoms with Crippen LogP contribution in [-0.4, -0.2) is 54.4 Å². The van der Waals surface area contributed by atoms with E-state index in [0.717, 1.165) is 11.1 Å². The van der Waals surface area contributed by atoms with Crippen LogP contribution in [0.3, 0.4) is 0 Å². The first kappa shape index (κ1) is 20.6. The van der Waals surface area contributed by atoms with E-state index in [2.05, 4.69) is 0 Å². The lowest BCUT2D eigenvalue weighted by molar-refractivity contribution is -0.134. The number of piperazine rings is 1. The molecule has 31 heavy (non-hydrogen) atoms. The van der Waals surface area contributed by atoms with Crippen LogP contribution in [0.2, 0.25) is 0 Å². The molecule has 3 aromatic rings. The highest BCUT2D eigenvalue weighted by Crippen LogP contribution is 2.29. The molecule has 0 aliphatic carbocycles. The second kappa shape index (κ2) is 9.43. The lowest BCUT2D eigenvalue weighted by atomic mass is 10.1. The third kappa shape index (κ3) is 4.91. The minimum Gasteiger partial charge on any atom is -0.483 e. The number of ether oxygens (including phenoxy) is 1. The first-order valence-electron chi connectivity index (χ1n) is 10.2. The molecule has 1 aliphatic rings. The number of hydrogen-bond acceptors (Lipinski definition) is 3. The fourth-order valence-electron chi connectivity index (χ4n) is 3.61. The molecule has 0 N–H and O–H groups in total. The Kier molecular flexibility index (Phi) is 6.26. The number of rotatable bonds is 5. The molecule has 1 fully saturated rings. The predicted octanol–water partition coefficient (Wildman–Crippen LogP) is 3.86. The van der Waals surface area contributed by atoms with Crippen LogP contribution in [0.1, 0.15) is 10.4 Å². The van der Waals surface area contributed by atoms with Gasteiger partial charge in [-0.2, -0.15) is 0 Å². The summed E-state index contributed by atoms with van der Waals surface area (Å²) >= 11 is 0. The molecule has 5 nitrogen and oxygen atoms in total. The number of benzene rings is 3. The van der Waals surface area contributed by atoms with Crippen LogP contribution in [0.25, 0.3) is 11.1 Å². The standard InChI is InChI=1S/C25H23FN2O3/c26-21-12-10-20(11-13-21)25(30)28-16-14-27(15-17-28)24(29)18-31-23-9-5-4-8-22(23)19-6-2-1-3-7-19/h1-13H,14-18H2. The van der Waals surface area contributed by atoms with E-state index in [1.54, 1.807) is 9.80 Å². The normalized spacial score (nSPS) is 13.7. The first-order chi connectivity index (χ1) is 15.1. The van der Waals surface area contributed by atoms with Gasteiger partial charge in [0.25, 0.3) is 11.8 Å². The molecular weight excluding hydrogens is 395 g/mol. The molecule has 0 radical (unpaired) electrons. The first-order valence-corrected chi connectivity index (χ1v) is 10.2. The molecular formula is C25H23FN2O3. The summed E-state index contributed by atoms with van der Waals surface area (Å²) in [5, 5.41) is 0. The van der Waals surface area contributed by atoms with Gasteiger partial charge in [0.1, 0.15) is 11.6 Å². The smallest absolute Gasteiger partial charge is 0.260 e. The van der Waals surface area contributed by atoms with Crippen LogP contribution < -0.4 is 4.74 Å². The molecule has 0 aromatic heterocycles. The van der Waals surface area contributed by atoms with Crippen molar-refractivity contribution in [1.29, 1.82) is 0 Å². The molecule has 1 aliphatic heterocycles. The average molecular weight is 418 g/mol. The van der Waals surface area contributed by atoms with E-state index in [1.807, 2.05) is 54.6 Å². The molecule has 2 amide bonds. The van der Waals surface area contributed by atoms with Crippen molar-refractivity contribution in [1.82, 2.24) is 9.80 Å². The predicted molar refractivity (Wildman–Crippen MR) is 116 cm³/mol. The Morgan fingerprint density at radius 2 is 1.39 bits per heavy atom. The van der Waals surface area contributed by atoms with E-state index >= 15 is 0 Å². The third-order valence-corrected chi connectivity index (χ3v) is 5.33. The number of para-hydroxylation sites is 1. The zero-order valence-corrected chi connectivity index (χ0v) is 17.0. The number of carbonyl (C=O) groups is 2. The topological polar surface area (TPSA) is 49.9 Å². The van der Waals surface area contributed by atoms with Gasteiger partial charge in [-0.15, -0.1) is 0 Å². The summed E-state index contributed by atoms with van der Waals surface area (Å²) in [4.78, 5) is 28.6. The Balaban J connectivity index is 1.32. The van der Waals surface area contributed by atoms with Crippen LogP contribution in [0.5, 0.6) is 5.75 Å². The van der Waals surface area contributed by atoms with Crippen molar-refractivity contribution in [2.24, 2.45) is 0 Å². The van der Waals surface area contributed by atoms with Crippen molar-refractivity contribution in [3.63, 3.8) is 0 Å². The van der Waals surface area contributed by atoms with Gasteiger partial charge in [-0.1, -0.05) is 48.5 Å². The Hall–Kier alpha value is -3.67. The van der Waals surface area contributed by atoms with Gasteiger partial charge < -0.3 is 14.5 Å². The van der Waals surface area contributed by atoms with Gasteiger partial charge in [-0.25, -0.2) is 4.39 Å². The van der Waals surface area contributed by atoms with Crippen molar-refractivity contribution in [3.05, 3.63) is 90.2 Å². The van der Waals surface area contributed by atoms with Crippen molar-refractivity contribution in [3.8, 4) is 16.9 Å². The van der Waals surface area contributed by atoms with Crippen molar-refractivity contribution >= 4 is 11.8 Å². The Morgan fingerprint density at radius 3 is 2.10 bits per heavy atom.